The second kappa shape index (κ2) is 4.98. The van der Waals surface area contributed by atoms with Gasteiger partial charge in [-0.05, 0) is 17.7 Å². The summed E-state index contributed by atoms with van der Waals surface area (Å²) in [5.41, 5.74) is 3.09. The number of likely N-dealkylation sites (N-methyl/N-ethyl adjacent to an activating group) is 1. The van der Waals surface area contributed by atoms with Crippen molar-refractivity contribution in [2.24, 2.45) is 5.10 Å². The molecule has 2 aromatic rings. The number of rotatable bonds is 2. The number of amides is 1. The van der Waals surface area contributed by atoms with Gasteiger partial charge in [-0.25, -0.2) is 0 Å². The molecular weight excluding hydrogens is 274 g/mol. The highest BCUT2D eigenvalue weighted by Gasteiger charge is 2.48. The van der Waals surface area contributed by atoms with Gasteiger partial charge in [0.05, 0.1) is 29.9 Å². The van der Waals surface area contributed by atoms with Gasteiger partial charge in [-0.15, -0.1) is 0 Å². The molecular formula is C18H17N3O. The average Bonchev–Trinajstić information content (AvgIpc) is 3.07. The standard InChI is InChI=1S/C18H17N3O/c1-20-16(22)12-15-18(20)17(13-8-4-2-5-9-13)19-21(15)14-10-6-3-7-11-14/h2-11,15,18H,12H2,1H3. The van der Waals surface area contributed by atoms with Gasteiger partial charge in [-0.1, -0.05) is 48.5 Å². The topological polar surface area (TPSA) is 35.9 Å². The molecule has 0 aliphatic carbocycles. The number of carbonyl (C=O) groups excluding carboxylic acids is 1. The molecule has 2 heterocycles. The molecule has 0 spiro atoms. The first-order valence-corrected chi connectivity index (χ1v) is 7.49. The maximum atomic E-state index is 12.2. The van der Waals surface area contributed by atoms with E-state index in [1.807, 2.05) is 65.5 Å². The van der Waals surface area contributed by atoms with Gasteiger partial charge in [0.1, 0.15) is 0 Å². The lowest BCUT2D eigenvalue weighted by Gasteiger charge is -2.23. The normalized spacial score (nSPS) is 23.7. The molecule has 2 unspecified atom stereocenters. The first kappa shape index (κ1) is 13.1. The van der Waals surface area contributed by atoms with E-state index >= 15 is 0 Å². The molecule has 2 atom stereocenters. The molecule has 2 aliphatic heterocycles. The Morgan fingerprint density at radius 2 is 1.64 bits per heavy atom. The first-order chi connectivity index (χ1) is 10.8. The lowest BCUT2D eigenvalue weighted by molar-refractivity contribution is -0.127. The average molecular weight is 291 g/mol. The van der Waals surface area contributed by atoms with E-state index in [2.05, 4.69) is 12.1 Å². The zero-order valence-corrected chi connectivity index (χ0v) is 12.4. The number of hydrazone groups is 1. The van der Waals surface area contributed by atoms with Crippen LogP contribution < -0.4 is 5.01 Å². The number of anilines is 1. The molecule has 2 aliphatic rings. The summed E-state index contributed by atoms with van der Waals surface area (Å²) in [7, 11) is 1.87. The summed E-state index contributed by atoms with van der Waals surface area (Å²) in [6.45, 7) is 0. The third-order valence-corrected chi connectivity index (χ3v) is 4.46. The molecule has 0 saturated carbocycles. The van der Waals surface area contributed by atoms with Gasteiger partial charge < -0.3 is 4.90 Å². The van der Waals surface area contributed by atoms with Crippen molar-refractivity contribution in [3.8, 4) is 0 Å². The molecule has 4 rings (SSSR count). The predicted octanol–water partition coefficient (Wildman–Crippen LogP) is 2.51. The molecule has 0 N–H and O–H groups in total. The number of hydrogen-bond donors (Lipinski definition) is 0. The fourth-order valence-electron chi connectivity index (χ4n) is 3.35. The van der Waals surface area contributed by atoms with E-state index in [9.17, 15) is 4.79 Å². The number of carbonyl (C=O) groups is 1. The van der Waals surface area contributed by atoms with Crippen LogP contribution in [-0.2, 0) is 4.79 Å². The third kappa shape index (κ3) is 1.91. The molecule has 110 valence electrons. The summed E-state index contributed by atoms with van der Waals surface area (Å²) < 4.78 is 0. The van der Waals surface area contributed by atoms with Crippen LogP contribution in [0.2, 0.25) is 0 Å². The van der Waals surface area contributed by atoms with Gasteiger partial charge in [-0.2, -0.15) is 5.10 Å². The van der Waals surface area contributed by atoms with Crippen LogP contribution in [0.4, 0.5) is 5.69 Å². The Morgan fingerprint density at radius 3 is 2.32 bits per heavy atom. The van der Waals surface area contributed by atoms with E-state index in [-0.39, 0.29) is 18.0 Å². The Balaban J connectivity index is 1.81. The molecule has 0 bridgehead atoms. The van der Waals surface area contributed by atoms with Crippen LogP contribution in [-0.4, -0.2) is 35.7 Å². The van der Waals surface area contributed by atoms with Crippen LogP contribution in [0.5, 0.6) is 0 Å². The van der Waals surface area contributed by atoms with Gasteiger partial charge in [0.2, 0.25) is 5.91 Å². The predicted molar refractivity (Wildman–Crippen MR) is 86.9 cm³/mol. The van der Waals surface area contributed by atoms with E-state index in [4.69, 9.17) is 5.10 Å². The largest absolute Gasteiger partial charge is 0.335 e. The molecule has 4 heteroatoms. The van der Waals surface area contributed by atoms with Crippen LogP contribution in [0, 0.1) is 0 Å². The maximum Gasteiger partial charge on any atom is 0.225 e. The summed E-state index contributed by atoms with van der Waals surface area (Å²) in [6, 6.07) is 20.3. The quantitative estimate of drug-likeness (QED) is 0.852. The first-order valence-electron chi connectivity index (χ1n) is 7.49. The summed E-state index contributed by atoms with van der Waals surface area (Å²) >= 11 is 0. The number of benzene rings is 2. The van der Waals surface area contributed by atoms with Gasteiger partial charge in [0.15, 0.2) is 0 Å². The third-order valence-electron chi connectivity index (χ3n) is 4.46. The number of hydrogen-bond acceptors (Lipinski definition) is 3. The highest BCUT2D eigenvalue weighted by atomic mass is 16.2. The van der Waals surface area contributed by atoms with Crippen LogP contribution in [0.3, 0.4) is 0 Å². The van der Waals surface area contributed by atoms with Crippen molar-refractivity contribution >= 4 is 17.3 Å². The van der Waals surface area contributed by atoms with Gasteiger partial charge in [0, 0.05) is 7.05 Å². The minimum Gasteiger partial charge on any atom is -0.335 e. The number of fused-ring (bicyclic) bond motifs is 1. The van der Waals surface area contributed by atoms with Crippen LogP contribution in [0.1, 0.15) is 12.0 Å². The van der Waals surface area contributed by atoms with Crippen molar-refractivity contribution in [2.75, 3.05) is 12.1 Å². The van der Waals surface area contributed by atoms with Crippen molar-refractivity contribution in [1.29, 1.82) is 0 Å². The minimum atomic E-state index is 0.0232. The summed E-state index contributed by atoms with van der Waals surface area (Å²) in [5.74, 6) is 0.180. The van der Waals surface area contributed by atoms with Crippen molar-refractivity contribution in [3.05, 3.63) is 66.2 Å². The monoisotopic (exact) mass is 291 g/mol. The Labute approximate surface area is 129 Å². The molecule has 4 nitrogen and oxygen atoms in total. The molecule has 0 aromatic heterocycles. The zero-order chi connectivity index (χ0) is 15.1. The summed E-state index contributed by atoms with van der Waals surface area (Å²) in [4.78, 5) is 14.0. The number of nitrogens with zero attached hydrogens (tertiary/aromatic N) is 3. The van der Waals surface area contributed by atoms with Crippen molar-refractivity contribution in [2.45, 2.75) is 18.5 Å². The summed E-state index contributed by atoms with van der Waals surface area (Å²) in [5, 5.41) is 6.86. The van der Waals surface area contributed by atoms with Gasteiger partial charge >= 0.3 is 0 Å². The van der Waals surface area contributed by atoms with Gasteiger partial charge in [0.25, 0.3) is 0 Å². The lowest BCUT2D eigenvalue weighted by Crippen LogP contribution is -2.40. The Kier molecular flexibility index (Phi) is 2.96. The SMILES string of the molecule is CN1C(=O)CC2C1C(c1ccccc1)=NN2c1ccccc1. The fraction of sp³-hybridized carbons (Fsp3) is 0.222. The molecule has 0 radical (unpaired) electrons. The fourth-order valence-corrected chi connectivity index (χ4v) is 3.35. The number of para-hydroxylation sites is 1. The Bertz CT molecular complexity index is 727. The van der Waals surface area contributed by atoms with E-state index < -0.39 is 0 Å². The second-order valence-electron chi connectivity index (χ2n) is 5.75. The van der Waals surface area contributed by atoms with Crippen molar-refractivity contribution < 1.29 is 4.79 Å². The van der Waals surface area contributed by atoms with Crippen molar-refractivity contribution in [3.63, 3.8) is 0 Å². The molecule has 1 fully saturated rings. The van der Waals surface area contributed by atoms with Crippen molar-refractivity contribution in [1.82, 2.24) is 4.90 Å². The van der Waals surface area contributed by atoms with Crippen LogP contribution in [0.25, 0.3) is 0 Å². The van der Waals surface area contributed by atoms with E-state index in [0.29, 0.717) is 6.42 Å². The number of likely N-dealkylation sites (tertiary alicyclic amines) is 1. The minimum absolute atomic E-state index is 0.0232. The summed E-state index contributed by atoms with van der Waals surface area (Å²) in [6.07, 6.45) is 0.510. The van der Waals surface area contributed by atoms with Gasteiger partial charge in [-0.3, -0.25) is 9.80 Å². The zero-order valence-electron chi connectivity index (χ0n) is 12.4. The molecule has 1 amide bonds. The highest BCUT2D eigenvalue weighted by molar-refractivity contribution is 6.10. The smallest absolute Gasteiger partial charge is 0.225 e. The molecule has 1 saturated heterocycles. The van der Waals surface area contributed by atoms with Crippen LogP contribution >= 0.6 is 0 Å². The van der Waals surface area contributed by atoms with Crippen LogP contribution in [0.15, 0.2) is 65.8 Å². The Morgan fingerprint density at radius 1 is 1.00 bits per heavy atom. The maximum absolute atomic E-state index is 12.2. The van der Waals surface area contributed by atoms with E-state index in [1.54, 1.807) is 0 Å². The molecule has 2 aromatic carbocycles. The Hall–Kier alpha value is -2.62. The highest BCUT2D eigenvalue weighted by Crippen LogP contribution is 2.35. The van der Waals surface area contributed by atoms with E-state index in [0.717, 1.165) is 17.0 Å². The van der Waals surface area contributed by atoms with E-state index in [1.165, 1.54) is 0 Å². The molecule has 22 heavy (non-hydrogen) atoms. The lowest BCUT2D eigenvalue weighted by atomic mass is 9.99. The second-order valence-corrected chi connectivity index (χ2v) is 5.75.